The maximum Gasteiger partial charge on any atom is 0.254 e. The number of carbonyl (C=O) groups is 1. The molecule has 110 valence electrons. The molecule has 1 saturated heterocycles. The van der Waals surface area contributed by atoms with Crippen molar-refractivity contribution in [3.8, 4) is 11.5 Å². The second kappa shape index (κ2) is 5.71. The zero-order valence-electron chi connectivity index (χ0n) is 12.2. The van der Waals surface area contributed by atoms with Crippen LogP contribution in [0.3, 0.4) is 0 Å². The highest BCUT2D eigenvalue weighted by Crippen LogP contribution is 2.29. The van der Waals surface area contributed by atoms with Crippen LogP contribution in [0.1, 0.15) is 30.1 Å². The molecular formula is C15H21NO4. The van der Waals surface area contributed by atoms with Crippen LogP contribution in [0.15, 0.2) is 18.2 Å². The first-order valence-corrected chi connectivity index (χ1v) is 6.70. The van der Waals surface area contributed by atoms with Crippen molar-refractivity contribution in [2.45, 2.75) is 25.4 Å². The van der Waals surface area contributed by atoms with Crippen molar-refractivity contribution in [3.05, 3.63) is 23.8 Å². The van der Waals surface area contributed by atoms with Gasteiger partial charge in [0.2, 0.25) is 0 Å². The first kappa shape index (κ1) is 14.7. The van der Waals surface area contributed by atoms with E-state index in [1.807, 2.05) is 6.92 Å². The van der Waals surface area contributed by atoms with Gasteiger partial charge in [0.25, 0.3) is 5.91 Å². The van der Waals surface area contributed by atoms with E-state index < -0.39 is 0 Å². The second-order valence-electron chi connectivity index (χ2n) is 5.37. The highest BCUT2D eigenvalue weighted by molar-refractivity contribution is 5.95. The summed E-state index contributed by atoms with van der Waals surface area (Å²) in [5.74, 6) is 0.248. The maximum atomic E-state index is 12.5. The van der Waals surface area contributed by atoms with E-state index in [9.17, 15) is 9.90 Å². The number of likely N-dealkylation sites (tertiary alicyclic amines) is 1. The minimum atomic E-state index is -0.289. The number of hydrogen-bond acceptors (Lipinski definition) is 4. The number of methoxy groups -OCH3 is 2. The van der Waals surface area contributed by atoms with E-state index in [0.29, 0.717) is 24.4 Å². The first-order chi connectivity index (χ1) is 9.49. The second-order valence-corrected chi connectivity index (χ2v) is 5.37. The van der Waals surface area contributed by atoms with Gasteiger partial charge in [0.15, 0.2) is 11.5 Å². The van der Waals surface area contributed by atoms with Gasteiger partial charge in [0.1, 0.15) is 0 Å². The lowest BCUT2D eigenvalue weighted by atomic mass is 9.94. The van der Waals surface area contributed by atoms with Crippen molar-refractivity contribution in [1.82, 2.24) is 4.90 Å². The summed E-state index contributed by atoms with van der Waals surface area (Å²) in [4.78, 5) is 14.2. The van der Waals surface area contributed by atoms with E-state index in [0.717, 1.165) is 12.8 Å². The Labute approximate surface area is 119 Å². The Kier molecular flexibility index (Phi) is 4.18. The average Bonchev–Trinajstić information content (AvgIpc) is 2.46. The highest BCUT2D eigenvalue weighted by atomic mass is 16.5. The van der Waals surface area contributed by atoms with Crippen LogP contribution in [0.5, 0.6) is 11.5 Å². The largest absolute Gasteiger partial charge is 0.504 e. The molecule has 5 nitrogen and oxygen atoms in total. The number of nitrogens with zero attached hydrogens (tertiary/aromatic N) is 1. The van der Waals surface area contributed by atoms with Gasteiger partial charge < -0.3 is 19.5 Å². The first-order valence-electron chi connectivity index (χ1n) is 6.70. The molecule has 1 unspecified atom stereocenters. The van der Waals surface area contributed by atoms with Gasteiger partial charge in [0.05, 0.1) is 12.7 Å². The Morgan fingerprint density at radius 2 is 2.15 bits per heavy atom. The molecular weight excluding hydrogens is 258 g/mol. The molecule has 5 heteroatoms. The molecule has 1 aromatic carbocycles. The van der Waals surface area contributed by atoms with Crippen LogP contribution in [-0.4, -0.2) is 48.8 Å². The Morgan fingerprint density at radius 3 is 2.75 bits per heavy atom. The summed E-state index contributed by atoms with van der Waals surface area (Å²) in [6, 6.07) is 4.71. The Hall–Kier alpha value is -1.75. The van der Waals surface area contributed by atoms with Gasteiger partial charge >= 0.3 is 0 Å². The summed E-state index contributed by atoms with van der Waals surface area (Å²) in [6.07, 6.45) is 1.86. The summed E-state index contributed by atoms with van der Waals surface area (Å²) in [5.41, 5.74) is 0.172. The maximum absolute atomic E-state index is 12.5. The zero-order valence-corrected chi connectivity index (χ0v) is 12.2. The number of piperidine rings is 1. The molecule has 0 spiro atoms. The molecule has 1 aliphatic rings. The number of hydrogen-bond donors (Lipinski definition) is 1. The predicted octanol–water partition coefficient (Wildman–Crippen LogP) is 2.04. The van der Waals surface area contributed by atoms with Gasteiger partial charge in [0, 0.05) is 25.8 Å². The summed E-state index contributed by atoms with van der Waals surface area (Å²) < 4.78 is 10.5. The van der Waals surface area contributed by atoms with E-state index in [1.165, 1.54) is 13.2 Å². The lowest BCUT2D eigenvalue weighted by Gasteiger charge is -2.39. The molecule has 20 heavy (non-hydrogen) atoms. The fourth-order valence-electron chi connectivity index (χ4n) is 2.55. The molecule has 0 radical (unpaired) electrons. The molecule has 0 bridgehead atoms. The van der Waals surface area contributed by atoms with Crippen LogP contribution < -0.4 is 4.74 Å². The minimum Gasteiger partial charge on any atom is -0.504 e. The summed E-state index contributed by atoms with van der Waals surface area (Å²) in [7, 11) is 3.15. The van der Waals surface area contributed by atoms with Crippen LogP contribution in [0.25, 0.3) is 0 Å². The lowest BCUT2D eigenvalue weighted by Crippen LogP contribution is -2.49. The van der Waals surface area contributed by atoms with Gasteiger partial charge in [-0.15, -0.1) is 0 Å². The predicted molar refractivity (Wildman–Crippen MR) is 75.2 cm³/mol. The third-order valence-corrected chi connectivity index (χ3v) is 3.86. The van der Waals surface area contributed by atoms with Crippen molar-refractivity contribution in [2.75, 3.05) is 27.3 Å². The smallest absolute Gasteiger partial charge is 0.254 e. The topological polar surface area (TPSA) is 59.0 Å². The van der Waals surface area contributed by atoms with Crippen molar-refractivity contribution in [1.29, 1.82) is 0 Å². The zero-order chi connectivity index (χ0) is 14.8. The number of phenols is 1. The lowest BCUT2D eigenvalue weighted by molar-refractivity contribution is -0.0440. The van der Waals surface area contributed by atoms with E-state index in [1.54, 1.807) is 24.1 Å². The van der Waals surface area contributed by atoms with E-state index in [-0.39, 0.29) is 17.3 Å². The van der Waals surface area contributed by atoms with Crippen LogP contribution in [-0.2, 0) is 4.74 Å². The van der Waals surface area contributed by atoms with Crippen LogP contribution in [0, 0.1) is 0 Å². The standard InChI is InChI=1S/C15H21NO4/c1-15(20-3)7-4-8-16(10-15)14(18)11-5-6-13(19-2)12(17)9-11/h5-6,9,17H,4,7-8,10H2,1-3H3. The quantitative estimate of drug-likeness (QED) is 0.920. The fourth-order valence-corrected chi connectivity index (χ4v) is 2.55. The summed E-state index contributed by atoms with van der Waals surface area (Å²) >= 11 is 0. The molecule has 1 N–H and O–H groups in total. The number of carbonyl (C=O) groups excluding carboxylic acids is 1. The number of benzene rings is 1. The summed E-state index contributed by atoms with van der Waals surface area (Å²) in [6.45, 7) is 3.29. The summed E-state index contributed by atoms with van der Waals surface area (Å²) in [5, 5.41) is 9.77. The van der Waals surface area contributed by atoms with Gasteiger partial charge in [-0.05, 0) is 38.0 Å². The molecule has 1 fully saturated rings. The normalized spacial score (nSPS) is 22.6. The molecule has 1 aromatic rings. The average molecular weight is 279 g/mol. The van der Waals surface area contributed by atoms with Crippen molar-refractivity contribution >= 4 is 5.91 Å². The fraction of sp³-hybridized carbons (Fsp3) is 0.533. The highest BCUT2D eigenvalue weighted by Gasteiger charge is 2.33. The van der Waals surface area contributed by atoms with Crippen molar-refractivity contribution in [3.63, 3.8) is 0 Å². The molecule has 0 aliphatic carbocycles. The van der Waals surface area contributed by atoms with E-state index in [4.69, 9.17) is 9.47 Å². The van der Waals surface area contributed by atoms with Gasteiger partial charge in [-0.1, -0.05) is 0 Å². The van der Waals surface area contributed by atoms with E-state index in [2.05, 4.69) is 0 Å². The molecule has 1 atom stereocenters. The molecule has 0 aromatic heterocycles. The van der Waals surface area contributed by atoms with Gasteiger partial charge in [-0.3, -0.25) is 4.79 Å². The Morgan fingerprint density at radius 1 is 1.40 bits per heavy atom. The third-order valence-electron chi connectivity index (χ3n) is 3.86. The monoisotopic (exact) mass is 279 g/mol. The minimum absolute atomic E-state index is 0.0233. The molecule has 1 aliphatic heterocycles. The molecule has 1 amide bonds. The number of aromatic hydroxyl groups is 1. The van der Waals surface area contributed by atoms with Crippen molar-refractivity contribution in [2.24, 2.45) is 0 Å². The number of phenolic OH excluding ortho intramolecular Hbond substituents is 1. The SMILES string of the molecule is COc1ccc(C(=O)N2CCCC(C)(OC)C2)cc1O. The van der Waals surface area contributed by atoms with Crippen LogP contribution >= 0.6 is 0 Å². The Balaban J connectivity index is 2.17. The molecule has 1 heterocycles. The Bertz CT molecular complexity index is 503. The van der Waals surface area contributed by atoms with Crippen LogP contribution in [0.2, 0.25) is 0 Å². The van der Waals surface area contributed by atoms with Crippen LogP contribution in [0.4, 0.5) is 0 Å². The number of ether oxygens (including phenoxy) is 2. The van der Waals surface area contributed by atoms with Gasteiger partial charge in [-0.25, -0.2) is 0 Å². The molecule has 0 saturated carbocycles. The third kappa shape index (κ3) is 2.88. The molecule has 2 rings (SSSR count). The number of amides is 1. The van der Waals surface area contributed by atoms with Gasteiger partial charge in [-0.2, -0.15) is 0 Å². The van der Waals surface area contributed by atoms with E-state index >= 15 is 0 Å². The number of rotatable bonds is 3. The van der Waals surface area contributed by atoms with Crippen molar-refractivity contribution < 1.29 is 19.4 Å².